The van der Waals surface area contributed by atoms with Crippen LogP contribution in [0.15, 0.2) is 30.8 Å². The van der Waals surface area contributed by atoms with Crippen molar-refractivity contribution in [3.8, 4) is 0 Å². The molecule has 3 N–H and O–H groups in total. The lowest BCUT2D eigenvalue weighted by Crippen LogP contribution is -2.41. The Labute approximate surface area is 149 Å². The van der Waals surface area contributed by atoms with Crippen LogP contribution in [0.25, 0.3) is 6.08 Å². The van der Waals surface area contributed by atoms with E-state index in [1.54, 1.807) is 0 Å². The monoisotopic (exact) mass is 350 g/mol. The number of rotatable bonds is 13. The molecule has 0 aliphatic heterocycles. The van der Waals surface area contributed by atoms with Crippen LogP contribution in [0.1, 0.15) is 44.7 Å². The first kappa shape index (κ1) is 21.1. The topological polar surface area (TPSA) is 56.5 Å². The Morgan fingerprint density at radius 1 is 1.25 bits per heavy atom. The first-order valence-electron chi connectivity index (χ1n) is 9.04. The second-order valence-corrected chi connectivity index (χ2v) is 8.21. The summed E-state index contributed by atoms with van der Waals surface area (Å²) in [6.45, 7) is 13.2. The van der Waals surface area contributed by atoms with Gasteiger partial charge in [-0.05, 0) is 51.3 Å². The SMILES string of the molecule is C=Cc1ccccc1CNC(C)C(CCCN)[SiH](OCC)OCC. The van der Waals surface area contributed by atoms with E-state index in [1.165, 1.54) is 11.1 Å². The summed E-state index contributed by atoms with van der Waals surface area (Å²) >= 11 is 0. The van der Waals surface area contributed by atoms with Crippen LogP contribution in [0.2, 0.25) is 5.54 Å². The molecule has 1 rings (SSSR count). The summed E-state index contributed by atoms with van der Waals surface area (Å²) in [5.41, 5.74) is 8.58. The van der Waals surface area contributed by atoms with Gasteiger partial charge in [0, 0.05) is 31.3 Å². The Morgan fingerprint density at radius 3 is 2.50 bits per heavy atom. The van der Waals surface area contributed by atoms with E-state index in [-0.39, 0.29) is 0 Å². The highest BCUT2D eigenvalue weighted by Gasteiger charge is 2.30. The van der Waals surface area contributed by atoms with Crippen LogP contribution in [0.3, 0.4) is 0 Å². The van der Waals surface area contributed by atoms with Crippen LogP contribution in [0.4, 0.5) is 0 Å². The number of benzene rings is 1. The van der Waals surface area contributed by atoms with Gasteiger partial charge in [-0.3, -0.25) is 0 Å². The van der Waals surface area contributed by atoms with Gasteiger partial charge in [0.1, 0.15) is 0 Å². The summed E-state index contributed by atoms with van der Waals surface area (Å²) in [6, 6.07) is 8.67. The van der Waals surface area contributed by atoms with E-state index in [0.29, 0.717) is 31.3 Å². The zero-order chi connectivity index (χ0) is 17.8. The highest BCUT2D eigenvalue weighted by atomic mass is 28.3. The zero-order valence-corrected chi connectivity index (χ0v) is 16.6. The lowest BCUT2D eigenvalue weighted by molar-refractivity contribution is 0.195. The standard InChI is InChI=1S/C19H34N2O2Si/c1-5-17-11-8-9-12-18(17)15-21-16(4)19(13-10-14-20)24(22-6-2)23-7-3/h5,8-9,11-12,16,19,21,24H,1,6-7,10,13-15,20H2,2-4H3. The van der Waals surface area contributed by atoms with Gasteiger partial charge < -0.3 is 19.9 Å². The Balaban J connectivity index is 2.75. The molecule has 2 atom stereocenters. The van der Waals surface area contributed by atoms with Gasteiger partial charge >= 0.3 is 9.28 Å². The molecule has 0 radical (unpaired) electrons. The molecule has 4 nitrogen and oxygen atoms in total. The number of nitrogens with two attached hydrogens (primary N) is 1. The van der Waals surface area contributed by atoms with Crippen molar-refractivity contribution in [1.29, 1.82) is 0 Å². The maximum Gasteiger partial charge on any atom is 0.326 e. The molecule has 1 aromatic rings. The summed E-state index contributed by atoms with van der Waals surface area (Å²) in [6.07, 6.45) is 3.96. The van der Waals surface area contributed by atoms with Gasteiger partial charge in [-0.25, -0.2) is 0 Å². The molecule has 0 heterocycles. The Hall–Kier alpha value is -0.983. The van der Waals surface area contributed by atoms with Crippen molar-refractivity contribution >= 4 is 15.4 Å². The van der Waals surface area contributed by atoms with Crippen LogP contribution < -0.4 is 11.1 Å². The van der Waals surface area contributed by atoms with Crippen molar-refractivity contribution in [2.45, 2.75) is 51.7 Å². The normalized spacial score (nSPS) is 13.9. The van der Waals surface area contributed by atoms with E-state index in [1.807, 2.05) is 26.0 Å². The van der Waals surface area contributed by atoms with E-state index in [4.69, 9.17) is 14.6 Å². The fourth-order valence-corrected chi connectivity index (χ4v) is 5.28. The van der Waals surface area contributed by atoms with Gasteiger partial charge in [-0.2, -0.15) is 0 Å². The predicted molar refractivity (Wildman–Crippen MR) is 105 cm³/mol. The molecule has 0 amide bonds. The van der Waals surface area contributed by atoms with Crippen LogP contribution in [0.5, 0.6) is 0 Å². The molecule has 1 aromatic carbocycles. The molecule has 0 fully saturated rings. The first-order chi connectivity index (χ1) is 11.7. The van der Waals surface area contributed by atoms with Gasteiger partial charge in [0.15, 0.2) is 0 Å². The highest BCUT2D eigenvalue weighted by Crippen LogP contribution is 2.24. The predicted octanol–water partition coefficient (Wildman–Crippen LogP) is 3.21. The molecule has 5 heteroatoms. The van der Waals surface area contributed by atoms with Crippen LogP contribution in [-0.4, -0.2) is 35.1 Å². The number of hydrogen-bond acceptors (Lipinski definition) is 4. The van der Waals surface area contributed by atoms with E-state index in [2.05, 4.69) is 37.0 Å². The summed E-state index contributed by atoms with van der Waals surface area (Å²) in [5, 5.41) is 3.67. The molecular weight excluding hydrogens is 316 g/mol. The van der Waals surface area contributed by atoms with Gasteiger partial charge in [0.2, 0.25) is 0 Å². The summed E-state index contributed by atoms with van der Waals surface area (Å²) in [5.74, 6) is 0. The molecule has 2 unspecified atom stereocenters. The number of nitrogens with one attached hydrogen (secondary N) is 1. The van der Waals surface area contributed by atoms with E-state index in [9.17, 15) is 0 Å². The molecule has 0 aliphatic carbocycles. The molecular formula is C19H34N2O2Si. The summed E-state index contributed by atoms with van der Waals surface area (Å²) in [4.78, 5) is 0. The Morgan fingerprint density at radius 2 is 1.92 bits per heavy atom. The molecule has 0 aromatic heterocycles. The lowest BCUT2D eigenvalue weighted by atomic mass is 10.1. The largest absolute Gasteiger partial charge is 0.397 e. The smallest absolute Gasteiger partial charge is 0.326 e. The lowest BCUT2D eigenvalue weighted by Gasteiger charge is -2.30. The average molecular weight is 351 g/mol. The second-order valence-electron chi connectivity index (χ2n) is 5.95. The van der Waals surface area contributed by atoms with Gasteiger partial charge in [-0.15, -0.1) is 0 Å². The minimum Gasteiger partial charge on any atom is -0.397 e. The van der Waals surface area contributed by atoms with Crippen molar-refractivity contribution in [2.24, 2.45) is 5.73 Å². The molecule has 136 valence electrons. The minimum absolute atomic E-state index is 0.323. The Kier molecular flexibility index (Phi) is 10.9. The average Bonchev–Trinajstić information content (AvgIpc) is 2.60. The van der Waals surface area contributed by atoms with Crippen molar-refractivity contribution in [2.75, 3.05) is 19.8 Å². The molecule has 0 bridgehead atoms. The third-order valence-corrected chi connectivity index (χ3v) is 7.22. The van der Waals surface area contributed by atoms with Gasteiger partial charge in [0.25, 0.3) is 0 Å². The number of hydrogen-bond donors (Lipinski definition) is 2. The zero-order valence-electron chi connectivity index (χ0n) is 15.5. The Bertz CT molecular complexity index is 464. The van der Waals surface area contributed by atoms with Crippen molar-refractivity contribution in [3.05, 3.63) is 42.0 Å². The van der Waals surface area contributed by atoms with Gasteiger partial charge in [-0.1, -0.05) is 36.9 Å². The van der Waals surface area contributed by atoms with Crippen LogP contribution in [-0.2, 0) is 15.4 Å². The van der Waals surface area contributed by atoms with E-state index in [0.717, 1.165) is 19.4 Å². The summed E-state index contributed by atoms with van der Waals surface area (Å²) in [7, 11) is -1.72. The summed E-state index contributed by atoms with van der Waals surface area (Å²) < 4.78 is 12.0. The van der Waals surface area contributed by atoms with Gasteiger partial charge in [0.05, 0.1) is 0 Å². The van der Waals surface area contributed by atoms with Crippen molar-refractivity contribution in [1.82, 2.24) is 5.32 Å². The quantitative estimate of drug-likeness (QED) is 0.536. The van der Waals surface area contributed by atoms with E-state index >= 15 is 0 Å². The molecule has 24 heavy (non-hydrogen) atoms. The molecule has 0 saturated heterocycles. The minimum atomic E-state index is -1.72. The van der Waals surface area contributed by atoms with E-state index < -0.39 is 9.28 Å². The second kappa shape index (κ2) is 12.4. The highest BCUT2D eigenvalue weighted by molar-refractivity contribution is 6.46. The van der Waals surface area contributed by atoms with Crippen LogP contribution in [0, 0.1) is 0 Å². The third kappa shape index (κ3) is 6.87. The molecule has 0 spiro atoms. The third-order valence-electron chi connectivity index (χ3n) is 4.28. The van der Waals surface area contributed by atoms with Crippen molar-refractivity contribution < 1.29 is 8.85 Å². The molecule has 0 aliphatic rings. The maximum absolute atomic E-state index is 5.98. The molecule has 0 saturated carbocycles. The van der Waals surface area contributed by atoms with Crippen LogP contribution >= 0.6 is 0 Å². The fourth-order valence-electron chi connectivity index (χ4n) is 2.92. The maximum atomic E-state index is 5.98. The first-order valence-corrected chi connectivity index (χ1v) is 10.7. The fraction of sp³-hybridized carbons (Fsp3) is 0.579. The van der Waals surface area contributed by atoms with Crippen molar-refractivity contribution in [3.63, 3.8) is 0 Å².